The third-order valence-electron chi connectivity index (χ3n) is 2.53. The maximum Gasteiger partial charge on any atom is 0.203 e. The maximum atomic E-state index is 5.33. The third-order valence-corrected chi connectivity index (χ3v) is 4.35. The minimum Gasteiger partial charge on any atom is -0.363 e. The van der Waals surface area contributed by atoms with Crippen LogP contribution in [0.15, 0.2) is 0 Å². The summed E-state index contributed by atoms with van der Waals surface area (Å²) in [5.74, 6) is -0.733. The Labute approximate surface area is 77.0 Å². The summed E-state index contributed by atoms with van der Waals surface area (Å²) in [5, 5.41) is 2.54. The average molecular weight is 193 g/mol. The normalized spacial score (nSPS) is 17.8. The lowest BCUT2D eigenvalue weighted by Gasteiger charge is -2.42. The van der Waals surface area contributed by atoms with Crippen molar-refractivity contribution in [1.82, 2.24) is 5.32 Å². The van der Waals surface area contributed by atoms with E-state index >= 15 is 0 Å². The van der Waals surface area contributed by atoms with Crippen LogP contribution in [0.5, 0.6) is 0 Å². The molecule has 0 aromatic rings. The fraction of sp³-hybridized carbons (Fsp3) is 1.00. The van der Waals surface area contributed by atoms with E-state index in [-0.39, 0.29) is 0 Å². The summed E-state index contributed by atoms with van der Waals surface area (Å²) in [6, 6.07) is 0. The zero-order valence-electron chi connectivity index (χ0n) is 8.72. The van der Waals surface area contributed by atoms with Crippen molar-refractivity contribution < 1.29 is 14.2 Å². The average Bonchev–Trinajstić information content (AvgIpc) is 2.15. The Hall–Kier alpha value is 0.0569. The lowest BCUT2D eigenvalue weighted by Crippen LogP contribution is -2.64. The quantitative estimate of drug-likeness (QED) is 0.443. The molecule has 74 valence electrons. The van der Waals surface area contributed by atoms with E-state index in [0.29, 0.717) is 0 Å². The van der Waals surface area contributed by atoms with Gasteiger partial charge in [0.05, 0.1) is 10.2 Å². The molecule has 0 saturated carbocycles. The van der Waals surface area contributed by atoms with Crippen molar-refractivity contribution in [3.8, 4) is 0 Å². The molecular formula is C7H19NO3Si. The van der Waals surface area contributed by atoms with Crippen LogP contribution < -0.4 is 5.32 Å². The summed E-state index contributed by atoms with van der Waals surface area (Å²) in [5.41, 5.74) is 0. The molecule has 0 aliphatic carbocycles. The van der Waals surface area contributed by atoms with E-state index in [2.05, 4.69) is 5.32 Å². The molecule has 4 nitrogen and oxygen atoms in total. The van der Waals surface area contributed by atoms with Gasteiger partial charge >= 0.3 is 0 Å². The fourth-order valence-corrected chi connectivity index (χ4v) is 1.40. The van der Waals surface area contributed by atoms with Gasteiger partial charge in [0.25, 0.3) is 0 Å². The van der Waals surface area contributed by atoms with Gasteiger partial charge < -0.3 is 14.2 Å². The van der Waals surface area contributed by atoms with Gasteiger partial charge in [0.1, 0.15) is 5.35 Å². The number of hydrogen-bond donors (Lipinski definition) is 1. The first-order valence-electron chi connectivity index (χ1n) is 3.84. The fourth-order valence-electron chi connectivity index (χ4n) is 0.987. The first kappa shape index (κ1) is 12.1. The van der Waals surface area contributed by atoms with Crippen LogP contribution in [0, 0.1) is 0 Å². The van der Waals surface area contributed by atoms with Crippen molar-refractivity contribution in [3.05, 3.63) is 0 Å². The molecule has 12 heavy (non-hydrogen) atoms. The van der Waals surface area contributed by atoms with Crippen LogP contribution >= 0.6 is 0 Å². The monoisotopic (exact) mass is 193 g/mol. The Morgan fingerprint density at radius 2 is 1.50 bits per heavy atom. The van der Waals surface area contributed by atoms with E-state index in [1.54, 1.807) is 21.3 Å². The van der Waals surface area contributed by atoms with Crippen LogP contribution in [0.4, 0.5) is 0 Å². The van der Waals surface area contributed by atoms with Gasteiger partial charge in [-0.15, -0.1) is 0 Å². The van der Waals surface area contributed by atoms with Crippen LogP contribution in [0.1, 0.15) is 6.92 Å². The van der Waals surface area contributed by atoms with E-state index in [0.717, 1.165) is 10.2 Å². The zero-order chi connectivity index (χ0) is 9.83. The molecule has 0 fully saturated rings. The second-order valence-electron chi connectivity index (χ2n) is 2.84. The van der Waals surface area contributed by atoms with E-state index in [9.17, 15) is 0 Å². The van der Waals surface area contributed by atoms with Crippen LogP contribution in [0.25, 0.3) is 0 Å². The summed E-state index contributed by atoms with van der Waals surface area (Å²) in [6.45, 7) is 1.85. The largest absolute Gasteiger partial charge is 0.363 e. The topological polar surface area (TPSA) is 39.7 Å². The molecule has 0 aromatic carbocycles. The first-order valence-corrected chi connectivity index (χ1v) is 4.84. The summed E-state index contributed by atoms with van der Waals surface area (Å²) >= 11 is 0. The van der Waals surface area contributed by atoms with Crippen molar-refractivity contribution in [2.24, 2.45) is 0 Å². The predicted octanol–water partition coefficient (Wildman–Crippen LogP) is -1.12. The van der Waals surface area contributed by atoms with E-state index in [1.165, 1.54) is 0 Å². The number of nitrogens with one attached hydrogen (secondary N) is 1. The molecule has 0 aliphatic rings. The molecule has 0 bridgehead atoms. The minimum atomic E-state index is -0.733. The van der Waals surface area contributed by atoms with Gasteiger partial charge in [-0.2, -0.15) is 0 Å². The van der Waals surface area contributed by atoms with Crippen LogP contribution in [0.2, 0.25) is 0 Å². The zero-order valence-corrected chi connectivity index (χ0v) is 10.7. The Balaban J connectivity index is 4.66. The highest BCUT2D eigenvalue weighted by atomic mass is 28.1. The Morgan fingerprint density at radius 3 is 1.58 bits per heavy atom. The highest BCUT2D eigenvalue weighted by Crippen LogP contribution is 2.23. The summed E-state index contributed by atoms with van der Waals surface area (Å²) in [4.78, 5) is 0. The van der Waals surface area contributed by atoms with Crippen molar-refractivity contribution in [1.29, 1.82) is 0 Å². The van der Waals surface area contributed by atoms with Gasteiger partial charge in [0, 0.05) is 21.3 Å². The van der Waals surface area contributed by atoms with Crippen molar-refractivity contribution in [2.75, 3.05) is 28.4 Å². The first-order chi connectivity index (χ1) is 5.49. The molecule has 0 radical (unpaired) electrons. The SMILES string of the molecule is CNC([SiH3])(OC)C(C)(OC)OC. The number of rotatable bonds is 5. The van der Waals surface area contributed by atoms with Crippen molar-refractivity contribution >= 4 is 10.2 Å². The van der Waals surface area contributed by atoms with E-state index in [4.69, 9.17) is 14.2 Å². The summed E-state index contributed by atoms with van der Waals surface area (Å²) < 4.78 is 15.9. The van der Waals surface area contributed by atoms with Gasteiger partial charge in [0.15, 0.2) is 0 Å². The lowest BCUT2D eigenvalue weighted by atomic mass is 10.2. The molecule has 0 heterocycles. The molecule has 0 amide bonds. The standard InChI is InChI=1S/C7H19NO3Si/c1-6(9-3,10-4)7(12,8-2)11-5/h8H,1-5,12H3. The van der Waals surface area contributed by atoms with Gasteiger partial charge in [-0.1, -0.05) is 0 Å². The molecule has 0 aromatic heterocycles. The highest BCUT2D eigenvalue weighted by Gasteiger charge is 2.44. The van der Waals surface area contributed by atoms with E-state index in [1.807, 2.05) is 14.0 Å². The molecule has 0 aliphatic heterocycles. The van der Waals surface area contributed by atoms with Crippen molar-refractivity contribution in [2.45, 2.75) is 18.1 Å². The van der Waals surface area contributed by atoms with Crippen LogP contribution in [0.3, 0.4) is 0 Å². The molecular weight excluding hydrogens is 174 g/mol. The molecule has 0 rings (SSSR count). The van der Waals surface area contributed by atoms with Gasteiger partial charge in [0.2, 0.25) is 5.79 Å². The second kappa shape index (κ2) is 4.34. The highest BCUT2D eigenvalue weighted by molar-refractivity contribution is 6.15. The summed E-state index contributed by atoms with van der Waals surface area (Å²) in [6.07, 6.45) is 0. The lowest BCUT2D eigenvalue weighted by molar-refractivity contribution is -0.277. The predicted molar refractivity (Wildman–Crippen MR) is 51.2 cm³/mol. The number of ether oxygens (including phenoxy) is 3. The Kier molecular flexibility index (Phi) is 4.36. The number of hydrogen-bond acceptors (Lipinski definition) is 4. The Morgan fingerprint density at radius 1 is 1.08 bits per heavy atom. The third kappa shape index (κ3) is 1.86. The molecule has 0 saturated heterocycles. The molecule has 0 spiro atoms. The molecule has 1 N–H and O–H groups in total. The molecule has 5 heteroatoms. The molecule has 1 atom stereocenters. The Bertz CT molecular complexity index is 119. The number of methoxy groups -OCH3 is 3. The minimum absolute atomic E-state index is 0.517. The smallest absolute Gasteiger partial charge is 0.203 e. The number of likely N-dealkylation sites (N-methyl/N-ethyl adjacent to an activating group) is 1. The van der Waals surface area contributed by atoms with Crippen LogP contribution in [-0.2, 0) is 14.2 Å². The van der Waals surface area contributed by atoms with Gasteiger partial charge in [-0.25, -0.2) is 0 Å². The van der Waals surface area contributed by atoms with Gasteiger partial charge in [-0.05, 0) is 14.0 Å². The summed E-state index contributed by atoms with van der Waals surface area (Å²) in [7, 11) is 7.44. The van der Waals surface area contributed by atoms with E-state index < -0.39 is 11.1 Å². The van der Waals surface area contributed by atoms with Crippen molar-refractivity contribution in [3.63, 3.8) is 0 Å². The van der Waals surface area contributed by atoms with Gasteiger partial charge in [-0.3, -0.25) is 5.32 Å². The van der Waals surface area contributed by atoms with Crippen LogP contribution in [-0.4, -0.2) is 49.8 Å². The second-order valence-corrected chi connectivity index (χ2v) is 4.25. The molecule has 1 unspecified atom stereocenters. The maximum absolute atomic E-state index is 5.33.